The molecule has 0 fully saturated rings. The molecule has 0 aliphatic carbocycles. The number of anilines is 1. The number of carbonyl (C=O) groups is 1. The Morgan fingerprint density at radius 2 is 1.82 bits per heavy atom. The van der Waals surface area contributed by atoms with Crippen LogP contribution >= 0.6 is 0 Å². The van der Waals surface area contributed by atoms with Crippen molar-refractivity contribution in [3.05, 3.63) is 53.6 Å². The van der Waals surface area contributed by atoms with E-state index in [1.165, 1.54) is 38.5 Å². The third-order valence-electron chi connectivity index (χ3n) is 3.64. The first-order chi connectivity index (χ1) is 13.2. The fourth-order valence-electron chi connectivity index (χ4n) is 2.31. The monoisotopic (exact) mass is 395 g/mol. The normalized spacial score (nSPS) is 11.4. The maximum atomic E-state index is 12.4. The van der Waals surface area contributed by atoms with Gasteiger partial charge in [0.2, 0.25) is 5.91 Å². The van der Waals surface area contributed by atoms with E-state index < -0.39 is 18.7 Å². The Kier molecular flexibility index (Phi) is 6.92. The van der Waals surface area contributed by atoms with Crippen LogP contribution < -0.4 is 19.5 Å². The van der Waals surface area contributed by atoms with Crippen molar-refractivity contribution in [3.63, 3.8) is 0 Å². The Morgan fingerprint density at radius 3 is 2.46 bits per heavy atom. The highest BCUT2D eigenvalue weighted by atomic mass is 19.4. The van der Waals surface area contributed by atoms with Gasteiger partial charge >= 0.3 is 6.18 Å². The van der Waals surface area contributed by atoms with Gasteiger partial charge in [-0.3, -0.25) is 4.79 Å². The number of halogens is 3. The third-order valence-corrected chi connectivity index (χ3v) is 3.64. The van der Waals surface area contributed by atoms with Gasteiger partial charge in [-0.15, -0.1) is 0 Å². The minimum atomic E-state index is -4.48. The number of hydrogen-bond donors (Lipinski definition) is 1. The summed E-state index contributed by atoms with van der Waals surface area (Å²) in [5.74, 6) is 0.525. The number of carbonyl (C=O) groups excluding carboxylic acids is 1. The summed E-state index contributed by atoms with van der Waals surface area (Å²) in [4.78, 5) is 12.2. The number of nitrogens with one attached hydrogen (secondary N) is 1. The van der Waals surface area contributed by atoms with E-state index in [1.807, 2.05) is 0 Å². The van der Waals surface area contributed by atoms with Crippen molar-refractivity contribution in [3.8, 4) is 17.2 Å². The van der Waals surface area contributed by atoms with E-state index in [2.05, 4.69) is 5.32 Å². The van der Waals surface area contributed by atoms with E-state index in [4.69, 9.17) is 14.2 Å². The number of benzene rings is 2. The molecule has 2 aromatic rings. The van der Waals surface area contributed by atoms with Crippen LogP contribution in [-0.4, -0.2) is 32.9 Å². The molecule has 0 unspecified atom stereocenters. The topological polar surface area (TPSA) is 56.8 Å². The minimum Gasteiger partial charge on any atom is -0.497 e. The van der Waals surface area contributed by atoms with Crippen LogP contribution in [0.4, 0.5) is 18.9 Å². The summed E-state index contributed by atoms with van der Waals surface area (Å²) >= 11 is 0. The molecule has 0 heterocycles. The standard InChI is InChI=1S/C20H20F3NO4/c1-13-4-8-16(18(10-13)28-12-20(21,22)23)24-19(25)9-6-14-5-7-15(26-2)11-17(14)27-3/h4-11H,12H2,1-3H3,(H,24,25). The molecule has 0 radical (unpaired) electrons. The molecule has 0 atom stereocenters. The second kappa shape index (κ2) is 9.16. The lowest BCUT2D eigenvalue weighted by Crippen LogP contribution is -2.20. The largest absolute Gasteiger partial charge is 0.497 e. The Morgan fingerprint density at radius 1 is 1.07 bits per heavy atom. The lowest BCUT2D eigenvalue weighted by molar-refractivity contribution is -0.153. The molecule has 0 aliphatic heterocycles. The van der Waals surface area contributed by atoms with Crippen molar-refractivity contribution in [1.29, 1.82) is 0 Å². The Balaban J connectivity index is 2.14. The average molecular weight is 395 g/mol. The number of methoxy groups -OCH3 is 2. The van der Waals surface area contributed by atoms with Gasteiger partial charge in [-0.05, 0) is 42.8 Å². The summed E-state index contributed by atoms with van der Waals surface area (Å²) < 4.78 is 52.4. The maximum Gasteiger partial charge on any atom is 0.422 e. The predicted octanol–water partition coefficient (Wildman–Crippen LogP) is 4.61. The summed E-state index contributed by atoms with van der Waals surface area (Å²) in [6.45, 7) is 0.264. The molecule has 1 N–H and O–H groups in total. The number of ether oxygens (including phenoxy) is 3. The molecular weight excluding hydrogens is 375 g/mol. The smallest absolute Gasteiger partial charge is 0.422 e. The first kappa shape index (κ1) is 21.1. The summed E-state index contributed by atoms with van der Waals surface area (Å²) in [7, 11) is 3.01. The molecule has 2 aromatic carbocycles. The van der Waals surface area contributed by atoms with Crippen molar-refractivity contribution in [1.82, 2.24) is 0 Å². The zero-order valence-corrected chi connectivity index (χ0v) is 15.6. The molecule has 0 saturated heterocycles. The van der Waals surface area contributed by atoms with Crippen LogP contribution in [0, 0.1) is 6.92 Å². The molecule has 0 spiro atoms. The van der Waals surface area contributed by atoms with Gasteiger partial charge in [0.25, 0.3) is 0 Å². The van der Waals surface area contributed by atoms with E-state index in [-0.39, 0.29) is 11.4 Å². The molecule has 28 heavy (non-hydrogen) atoms. The quantitative estimate of drug-likeness (QED) is 0.696. The van der Waals surface area contributed by atoms with E-state index in [9.17, 15) is 18.0 Å². The van der Waals surface area contributed by atoms with Crippen LogP contribution in [0.1, 0.15) is 11.1 Å². The summed E-state index contributed by atoms with van der Waals surface area (Å²) in [6, 6.07) is 9.67. The van der Waals surface area contributed by atoms with Gasteiger partial charge < -0.3 is 19.5 Å². The average Bonchev–Trinajstić information content (AvgIpc) is 2.65. The highest BCUT2D eigenvalue weighted by Gasteiger charge is 2.29. The summed E-state index contributed by atoms with van der Waals surface area (Å²) in [5, 5.41) is 2.52. The third kappa shape index (κ3) is 6.22. The Bertz CT molecular complexity index is 863. The predicted molar refractivity (Wildman–Crippen MR) is 99.9 cm³/mol. The highest BCUT2D eigenvalue weighted by Crippen LogP contribution is 2.28. The van der Waals surface area contributed by atoms with Gasteiger partial charge in [-0.1, -0.05) is 6.07 Å². The highest BCUT2D eigenvalue weighted by molar-refractivity contribution is 6.03. The van der Waals surface area contributed by atoms with Gasteiger partial charge in [0.05, 0.1) is 19.9 Å². The molecule has 8 heteroatoms. The fourth-order valence-corrected chi connectivity index (χ4v) is 2.31. The Labute approximate surface area is 160 Å². The maximum absolute atomic E-state index is 12.4. The SMILES string of the molecule is COc1ccc(C=CC(=O)Nc2ccc(C)cc2OCC(F)(F)F)c(OC)c1. The molecule has 0 saturated carbocycles. The summed E-state index contributed by atoms with van der Waals surface area (Å²) in [6.07, 6.45) is -1.70. The second-order valence-corrected chi connectivity index (χ2v) is 5.83. The van der Waals surface area contributed by atoms with Crippen LogP contribution in [0.5, 0.6) is 17.2 Å². The number of alkyl halides is 3. The van der Waals surface area contributed by atoms with Crippen LogP contribution in [0.15, 0.2) is 42.5 Å². The fraction of sp³-hybridized carbons (Fsp3) is 0.250. The minimum absolute atomic E-state index is 0.0545. The van der Waals surface area contributed by atoms with Gasteiger partial charge in [0.1, 0.15) is 17.2 Å². The molecule has 1 amide bonds. The first-order valence-electron chi connectivity index (χ1n) is 8.23. The molecule has 2 rings (SSSR count). The molecule has 5 nitrogen and oxygen atoms in total. The van der Waals surface area contributed by atoms with Crippen molar-refractivity contribution in [2.45, 2.75) is 13.1 Å². The first-order valence-corrected chi connectivity index (χ1v) is 8.23. The van der Waals surface area contributed by atoms with Crippen molar-refractivity contribution in [2.24, 2.45) is 0 Å². The molecule has 0 bridgehead atoms. The van der Waals surface area contributed by atoms with Crippen LogP contribution in [0.2, 0.25) is 0 Å². The molecule has 0 aromatic heterocycles. The van der Waals surface area contributed by atoms with E-state index in [0.29, 0.717) is 22.6 Å². The van der Waals surface area contributed by atoms with Crippen LogP contribution in [0.3, 0.4) is 0 Å². The van der Waals surface area contributed by atoms with Crippen molar-refractivity contribution >= 4 is 17.7 Å². The van der Waals surface area contributed by atoms with Gasteiger partial charge in [-0.2, -0.15) is 13.2 Å². The van der Waals surface area contributed by atoms with Crippen molar-refractivity contribution in [2.75, 3.05) is 26.1 Å². The number of hydrogen-bond acceptors (Lipinski definition) is 4. The number of rotatable bonds is 7. The van der Waals surface area contributed by atoms with Crippen LogP contribution in [-0.2, 0) is 4.79 Å². The lowest BCUT2D eigenvalue weighted by atomic mass is 10.1. The number of amides is 1. The van der Waals surface area contributed by atoms with E-state index in [0.717, 1.165) is 0 Å². The molecule has 150 valence electrons. The van der Waals surface area contributed by atoms with Gasteiger partial charge in [0, 0.05) is 17.7 Å². The number of aryl methyl sites for hydroxylation is 1. The molecule has 0 aliphatic rings. The second-order valence-electron chi connectivity index (χ2n) is 5.83. The van der Waals surface area contributed by atoms with E-state index >= 15 is 0 Å². The summed E-state index contributed by atoms with van der Waals surface area (Å²) in [5.41, 5.74) is 1.48. The van der Waals surface area contributed by atoms with Gasteiger partial charge in [0.15, 0.2) is 6.61 Å². The molecular formula is C20H20F3NO4. The van der Waals surface area contributed by atoms with Crippen LogP contribution in [0.25, 0.3) is 6.08 Å². The van der Waals surface area contributed by atoms with Gasteiger partial charge in [-0.25, -0.2) is 0 Å². The lowest BCUT2D eigenvalue weighted by Gasteiger charge is -2.14. The zero-order chi connectivity index (χ0) is 20.7. The zero-order valence-electron chi connectivity index (χ0n) is 15.6. The van der Waals surface area contributed by atoms with Crippen molar-refractivity contribution < 1.29 is 32.2 Å². The Hall–Kier alpha value is -3.16. The van der Waals surface area contributed by atoms with E-state index in [1.54, 1.807) is 31.2 Å².